The maximum atomic E-state index is 13.0. The normalized spacial score (nSPS) is 15.1. The van der Waals surface area contributed by atoms with Gasteiger partial charge < -0.3 is 9.94 Å². The third-order valence-electron chi connectivity index (χ3n) is 4.41. The first-order chi connectivity index (χ1) is 13.6. The number of carboxylic acid groups (broad SMARTS) is 1. The van der Waals surface area contributed by atoms with Crippen molar-refractivity contribution < 1.29 is 14.7 Å². The maximum Gasteiger partial charge on any atom is 0.303 e. The van der Waals surface area contributed by atoms with Crippen LogP contribution in [0.4, 0.5) is 0 Å². The molecule has 0 unspecified atom stereocenters. The maximum absolute atomic E-state index is 13.0. The molecule has 0 saturated heterocycles. The van der Waals surface area contributed by atoms with Crippen molar-refractivity contribution in [3.05, 3.63) is 51.6 Å². The van der Waals surface area contributed by atoms with Crippen molar-refractivity contribution in [1.82, 2.24) is 9.55 Å². The van der Waals surface area contributed by atoms with Gasteiger partial charge in [0.15, 0.2) is 0 Å². The minimum Gasteiger partial charge on any atom is -0.481 e. The fourth-order valence-electron chi connectivity index (χ4n) is 2.96. The number of aliphatic carboxylic acids is 1. The summed E-state index contributed by atoms with van der Waals surface area (Å²) in [6.45, 7) is 6.46. The zero-order valence-electron chi connectivity index (χ0n) is 16.3. The predicted molar refractivity (Wildman–Crippen MR) is 109 cm³/mol. The average Bonchev–Trinajstić information content (AvgIpc) is 3.19. The first-order valence-electron chi connectivity index (χ1n) is 9.50. The Labute approximate surface area is 164 Å². The Morgan fingerprint density at radius 2 is 2.21 bits per heavy atom. The molecule has 150 valence electrons. The number of allylic oxidation sites excluding steroid dienone is 3. The minimum atomic E-state index is -0.816. The summed E-state index contributed by atoms with van der Waals surface area (Å²) in [4.78, 5) is 33.5. The third kappa shape index (κ3) is 6.04. The zero-order chi connectivity index (χ0) is 20.4. The molecule has 2 rings (SSSR count). The summed E-state index contributed by atoms with van der Waals surface area (Å²) in [7, 11) is 0. The van der Waals surface area contributed by atoms with E-state index < -0.39 is 5.97 Å². The van der Waals surface area contributed by atoms with Gasteiger partial charge in [-0.2, -0.15) is 0 Å². The molecule has 1 N–H and O–H groups in total. The van der Waals surface area contributed by atoms with Crippen molar-refractivity contribution in [2.45, 2.75) is 52.0 Å². The third-order valence-corrected chi connectivity index (χ3v) is 4.41. The molecule has 0 fully saturated rings. The lowest BCUT2D eigenvalue weighted by Crippen LogP contribution is -2.48. The van der Waals surface area contributed by atoms with Crippen LogP contribution in [0.15, 0.2) is 34.8 Å². The quantitative estimate of drug-likeness (QED) is 0.487. The van der Waals surface area contributed by atoms with Gasteiger partial charge in [-0.05, 0) is 19.8 Å². The van der Waals surface area contributed by atoms with Crippen molar-refractivity contribution in [2.24, 2.45) is 5.16 Å². The lowest BCUT2D eigenvalue weighted by molar-refractivity contribution is -0.137. The summed E-state index contributed by atoms with van der Waals surface area (Å²) < 4.78 is 1.64. The summed E-state index contributed by atoms with van der Waals surface area (Å²) in [5.41, 5.74) is 0.834. The molecule has 0 spiro atoms. The SMILES string of the molecule is C=C/C=C\Cn1c(CCCCC(=O)O)nc(=C/CC2=NOCC2)/c(=C\C)c1=O. The highest BCUT2D eigenvalue weighted by Crippen LogP contribution is 2.04. The van der Waals surface area contributed by atoms with Crippen LogP contribution in [0.1, 0.15) is 44.9 Å². The molecule has 0 radical (unpaired) electrons. The Balaban J connectivity index is 2.40. The number of aryl methyl sites for hydroxylation is 1. The Morgan fingerprint density at radius 3 is 2.86 bits per heavy atom. The molecule has 28 heavy (non-hydrogen) atoms. The zero-order valence-corrected chi connectivity index (χ0v) is 16.3. The van der Waals surface area contributed by atoms with E-state index >= 15 is 0 Å². The number of hydrogen-bond donors (Lipinski definition) is 1. The van der Waals surface area contributed by atoms with E-state index in [9.17, 15) is 9.59 Å². The lowest BCUT2D eigenvalue weighted by Gasteiger charge is -2.11. The molecule has 0 aliphatic carbocycles. The Hall–Kier alpha value is -2.96. The van der Waals surface area contributed by atoms with Crippen LogP contribution in [0, 0.1) is 0 Å². The molecule has 1 aliphatic rings. The van der Waals surface area contributed by atoms with E-state index in [0.29, 0.717) is 55.2 Å². The van der Waals surface area contributed by atoms with E-state index in [4.69, 9.17) is 14.9 Å². The van der Waals surface area contributed by atoms with Gasteiger partial charge in [0, 0.05) is 32.2 Å². The van der Waals surface area contributed by atoms with Crippen LogP contribution in [0.25, 0.3) is 12.2 Å². The number of carboxylic acids is 1. The number of unbranched alkanes of at least 4 members (excludes halogenated alkanes) is 1. The van der Waals surface area contributed by atoms with E-state index in [1.165, 1.54) is 0 Å². The molecule has 2 heterocycles. The van der Waals surface area contributed by atoms with Gasteiger partial charge in [0.1, 0.15) is 12.4 Å². The van der Waals surface area contributed by atoms with Crippen molar-refractivity contribution >= 4 is 23.8 Å². The molecule has 7 heteroatoms. The first kappa shape index (κ1) is 21.3. The molecule has 0 saturated carbocycles. The van der Waals surface area contributed by atoms with Crippen LogP contribution in [0.2, 0.25) is 0 Å². The smallest absolute Gasteiger partial charge is 0.303 e. The molecular formula is C21H27N3O4. The van der Waals surface area contributed by atoms with E-state index in [1.807, 2.05) is 19.1 Å². The first-order valence-corrected chi connectivity index (χ1v) is 9.50. The summed E-state index contributed by atoms with van der Waals surface area (Å²) in [6.07, 6.45) is 12.2. The van der Waals surface area contributed by atoms with Crippen LogP contribution in [0.5, 0.6) is 0 Å². The summed E-state index contributed by atoms with van der Waals surface area (Å²) in [5.74, 6) is -0.158. The largest absolute Gasteiger partial charge is 0.481 e. The standard InChI is InChI=1S/C21H27N3O4/c1-3-5-8-14-24-19(9-6-7-10-20(25)26)22-18(17(4-2)21(24)27)12-11-16-13-15-28-23-16/h3-5,8,12H,1,6-7,9-11,13-15H2,2H3,(H,25,26)/b8-5-,17-4+,18-12+. The van der Waals surface area contributed by atoms with Crippen LogP contribution >= 0.6 is 0 Å². The highest BCUT2D eigenvalue weighted by Gasteiger charge is 2.10. The predicted octanol–water partition coefficient (Wildman–Crippen LogP) is 1.53. The second kappa shape index (κ2) is 11.0. The van der Waals surface area contributed by atoms with Crippen LogP contribution < -0.4 is 16.1 Å². The average molecular weight is 385 g/mol. The van der Waals surface area contributed by atoms with E-state index in [2.05, 4.69) is 11.7 Å². The van der Waals surface area contributed by atoms with Crippen molar-refractivity contribution in [3.63, 3.8) is 0 Å². The number of oxime groups is 1. The van der Waals surface area contributed by atoms with E-state index in [1.54, 1.807) is 22.8 Å². The molecule has 0 amide bonds. The minimum absolute atomic E-state index is 0.102. The fourth-order valence-corrected chi connectivity index (χ4v) is 2.96. The molecule has 0 atom stereocenters. The molecule has 0 bridgehead atoms. The van der Waals surface area contributed by atoms with Gasteiger partial charge in [-0.1, -0.05) is 42.1 Å². The van der Waals surface area contributed by atoms with Crippen molar-refractivity contribution in [2.75, 3.05) is 6.61 Å². The van der Waals surface area contributed by atoms with Crippen LogP contribution in [-0.4, -0.2) is 32.9 Å². The molecule has 0 aromatic carbocycles. The molecule has 7 nitrogen and oxygen atoms in total. The summed E-state index contributed by atoms with van der Waals surface area (Å²) in [6, 6.07) is 0. The molecule has 1 aromatic rings. The second-order valence-electron chi connectivity index (χ2n) is 6.45. The number of rotatable bonds is 10. The number of nitrogens with zero attached hydrogens (tertiary/aromatic N) is 3. The van der Waals surface area contributed by atoms with Gasteiger partial charge in [-0.15, -0.1) is 0 Å². The summed E-state index contributed by atoms with van der Waals surface area (Å²) in [5, 5.41) is 14.0. The van der Waals surface area contributed by atoms with Gasteiger partial charge in [0.2, 0.25) is 0 Å². The number of hydrogen-bond acceptors (Lipinski definition) is 5. The molecular weight excluding hydrogens is 358 g/mol. The number of aromatic nitrogens is 2. The van der Waals surface area contributed by atoms with Crippen LogP contribution in [0.3, 0.4) is 0 Å². The molecule has 1 aliphatic heterocycles. The monoisotopic (exact) mass is 385 g/mol. The van der Waals surface area contributed by atoms with Crippen LogP contribution in [-0.2, 0) is 22.6 Å². The molecule has 1 aromatic heterocycles. The van der Waals surface area contributed by atoms with Gasteiger partial charge in [0.25, 0.3) is 5.56 Å². The lowest BCUT2D eigenvalue weighted by atomic mass is 10.1. The van der Waals surface area contributed by atoms with E-state index in [-0.39, 0.29) is 12.0 Å². The van der Waals surface area contributed by atoms with E-state index in [0.717, 1.165) is 12.1 Å². The second-order valence-corrected chi connectivity index (χ2v) is 6.45. The van der Waals surface area contributed by atoms with Gasteiger partial charge in [0.05, 0.1) is 16.3 Å². The Kier molecular flexibility index (Phi) is 8.39. The highest BCUT2D eigenvalue weighted by atomic mass is 16.6. The Bertz CT molecular complexity index is 942. The summed E-state index contributed by atoms with van der Waals surface area (Å²) >= 11 is 0. The van der Waals surface area contributed by atoms with Gasteiger partial charge >= 0.3 is 5.97 Å². The highest BCUT2D eigenvalue weighted by molar-refractivity contribution is 5.88. The fraction of sp³-hybridized carbons (Fsp3) is 0.429. The van der Waals surface area contributed by atoms with Crippen molar-refractivity contribution in [1.29, 1.82) is 0 Å². The van der Waals surface area contributed by atoms with Gasteiger partial charge in [-0.25, -0.2) is 4.98 Å². The number of carbonyl (C=O) groups is 1. The van der Waals surface area contributed by atoms with Gasteiger partial charge in [-0.3, -0.25) is 14.2 Å². The van der Waals surface area contributed by atoms with Crippen molar-refractivity contribution in [3.8, 4) is 0 Å². The Morgan fingerprint density at radius 1 is 1.39 bits per heavy atom. The topological polar surface area (TPSA) is 93.8 Å².